The van der Waals surface area contributed by atoms with Gasteiger partial charge in [0, 0.05) is 43.8 Å². The first kappa shape index (κ1) is 16.7. The monoisotopic (exact) mass is 306 g/mol. The van der Waals surface area contributed by atoms with Gasteiger partial charge in [0.25, 0.3) is 0 Å². The zero-order valence-corrected chi connectivity index (χ0v) is 13.9. The van der Waals surface area contributed by atoms with Crippen LogP contribution in [-0.2, 0) is 4.74 Å². The third-order valence-electron chi connectivity index (χ3n) is 3.66. The molecule has 1 atom stereocenters. The van der Waals surface area contributed by atoms with Gasteiger partial charge in [-0.25, -0.2) is 4.79 Å². The van der Waals surface area contributed by atoms with Crippen molar-refractivity contribution in [1.29, 1.82) is 0 Å². The van der Waals surface area contributed by atoms with Crippen LogP contribution in [0.2, 0.25) is 0 Å². The molecule has 122 valence electrons. The molecule has 1 fully saturated rings. The van der Waals surface area contributed by atoms with Gasteiger partial charge in [-0.3, -0.25) is 9.97 Å². The van der Waals surface area contributed by atoms with Gasteiger partial charge in [0.1, 0.15) is 5.60 Å². The summed E-state index contributed by atoms with van der Waals surface area (Å²) in [5, 5.41) is 3.56. The molecular formula is C16H26N4O2. The molecule has 0 spiro atoms. The highest BCUT2D eigenvalue weighted by molar-refractivity contribution is 5.68. The van der Waals surface area contributed by atoms with E-state index in [9.17, 15) is 4.79 Å². The molecule has 0 radical (unpaired) electrons. The Bertz CT molecular complexity index is 479. The van der Waals surface area contributed by atoms with Gasteiger partial charge in [0.05, 0.1) is 5.69 Å². The Morgan fingerprint density at radius 3 is 2.59 bits per heavy atom. The molecule has 6 nitrogen and oxygen atoms in total. The predicted molar refractivity (Wildman–Crippen MR) is 84.4 cm³/mol. The number of carbonyl (C=O) groups excluding carboxylic acids is 1. The fourth-order valence-electron chi connectivity index (χ4n) is 2.53. The molecule has 1 amide bonds. The van der Waals surface area contributed by atoms with E-state index in [0.717, 1.165) is 31.6 Å². The second kappa shape index (κ2) is 7.05. The number of hydrogen-bond acceptors (Lipinski definition) is 5. The number of nitrogens with one attached hydrogen (secondary N) is 1. The van der Waals surface area contributed by atoms with Crippen molar-refractivity contribution in [1.82, 2.24) is 20.2 Å². The predicted octanol–water partition coefficient (Wildman–Crippen LogP) is 2.53. The SMILES string of the molecule is CC(NC1CCN(C(=O)OC(C)(C)C)CC1)c1cnccn1. The van der Waals surface area contributed by atoms with Gasteiger partial charge in [0.15, 0.2) is 0 Å². The van der Waals surface area contributed by atoms with Crippen molar-refractivity contribution < 1.29 is 9.53 Å². The van der Waals surface area contributed by atoms with Crippen molar-refractivity contribution in [3.63, 3.8) is 0 Å². The van der Waals surface area contributed by atoms with Gasteiger partial charge in [-0.1, -0.05) is 0 Å². The average molecular weight is 306 g/mol. The second-order valence-corrected chi connectivity index (χ2v) is 6.76. The van der Waals surface area contributed by atoms with Crippen LogP contribution in [0.25, 0.3) is 0 Å². The van der Waals surface area contributed by atoms with Crippen molar-refractivity contribution in [2.45, 2.75) is 58.2 Å². The highest BCUT2D eigenvalue weighted by Gasteiger charge is 2.27. The lowest BCUT2D eigenvalue weighted by molar-refractivity contribution is 0.0196. The van der Waals surface area contributed by atoms with Gasteiger partial charge in [-0.2, -0.15) is 0 Å². The Hall–Kier alpha value is -1.69. The van der Waals surface area contributed by atoms with E-state index in [1.165, 1.54) is 0 Å². The van der Waals surface area contributed by atoms with Crippen molar-refractivity contribution in [3.05, 3.63) is 24.3 Å². The first-order chi connectivity index (χ1) is 10.3. The lowest BCUT2D eigenvalue weighted by Gasteiger charge is -2.34. The smallest absolute Gasteiger partial charge is 0.410 e. The van der Waals surface area contributed by atoms with Gasteiger partial charge in [0.2, 0.25) is 0 Å². The van der Waals surface area contributed by atoms with Crippen LogP contribution in [0.1, 0.15) is 52.3 Å². The zero-order chi connectivity index (χ0) is 16.2. The number of carbonyl (C=O) groups is 1. The fourth-order valence-corrected chi connectivity index (χ4v) is 2.53. The summed E-state index contributed by atoms with van der Waals surface area (Å²) in [5.74, 6) is 0. The normalized spacial score (nSPS) is 18.1. The van der Waals surface area contributed by atoms with E-state index in [1.54, 1.807) is 23.5 Å². The maximum absolute atomic E-state index is 12.0. The largest absolute Gasteiger partial charge is 0.444 e. The van der Waals surface area contributed by atoms with Crippen LogP contribution in [0.15, 0.2) is 18.6 Å². The van der Waals surface area contributed by atoms with Crippen LogP contribution < -0.4 is 5.32 Å². The van der Waals surface area contributed by atoms with E-state index in [1.807, 2.05) is 20.8 Å². The Morgan fingerprint density at radius 1 is 1.36 bits per heavy atom. The van der Waals surface area contributed by atoms with Crippen molar-refractivity contribution in [3.8, 4) is 0 Å². The van der Waals surface area contributed by atoms with Gasteiger partial charge in [-0.05, 0) is 40.5 Å². The molecule has 1 unspecified atom stereocenters. The van der Waals surface area contributed by atoms with E-state index in [4.69, 9.17) is 4.74 Å². The molecule has 0 bridgehead atoms. The van der Waals surface area contributed by atoms with E-state index < -0.39 is 5.60 Å². The van der Waals surface area contributed by atoms with Crippen LogP contribution in [0.5, 0.6) is 0 Å². The second-order valence-electron chi connectivity index (χ2n) is 6.76. The summed E-state index contributed by atoms with van der Waals surface area (Å²) in [6, 6.07) is 0.544. The number of piperidine rings is 1. The number of aromatic nitrogens is 2. The number of amides is 1. The standard InChI is InChI=1S/C16H26N4O2/c1-12(14-11-17-7-8-18-14)19-13-5-9-20(10-6-13)15(21)22-16(2,3)4/h7-8,11-13,19H,5-6,9-10H2,1-4H3. The number of nitrogens with zero attached hydrogens (tertiary/aromatic N) is 3. The highest BCUT2D eigenvalue weighted by Crippen LogP contribution is 2.18. The summed E-state index contributed by atoms with van der Waals surface area (Å²) in [6.45, 7) is 9.20. The molecule has 0 aromatic carbocycles. The van der Waals surface area contributed by atoms with Crippen molar-refractivity contribution in [2.75, 3.05) is 13.1 Å². The molecular weight excluding hydrogens is 280 g/mol. The highest BCUT2D eigenvalue weighted by atomic mass is 16.6. The Kier molecular flexibility index (Phi) is 5.34. The minimum Gasteiger partial charge on any atom is -0.444 e. The summed E-state index contributed by atoms with van der Waals surface area (Å²) in [6.07, 6.45) is 6.79. The lowest BCUT2D eigenvalue weighted by atomic mass is 10.0. The third-order valence-corrected chi connectivity index (χ3v) is 3.66. The molecule has 1 aromatic rings. The number of ether oxygens (including phenoxy) is 1. The Balaban J connectivity index is 1.79. The maximum atomic E-state index is 12.0. The minimum atomic E-state index is -0.438. The van der Waals surface area contributed by atoms with Crippen LogP contribution in [-0.4, -0.2) is 45.7 Å². The molecule has 2 heterocycles. The fraction of sp³-hybridized carbons (Fsp3) is 0.688. The van der Waals surface area contributed by atoms with Gasteiger partial charge >= 0.3 is 6.09 Å². The van der Waals surface area contributed by atoms with E-state index in [0.29, 0.717) is 6.04 Å². The minimum absolute atomic E-state index is 0.159. The summed E-state index contributed by atoms with van der Waals surface area (Å²) in [4.78, 5) is 22.2. The lowest BCUT2D eigenvalue weighted by Crippen LogP contribution is -2.47. The number of likely N-dealkylation sites (tertiary alicyclic amines) is 1. The Morgan fingerprint density at radius 2 is 2.05 bits per heavy atom. The molecule has 2 rings (SSSR count). The van der Waals surface area contributed by atoms with Crippen molar-refractivity contribution in [2.24, 2.45) is 0 Å². The van der Waals surface area contributed by atoms with Crippen molar-refractivity contribution >= 4 is 6.09 Å². The Labute approximate surface area is 132 Å². The molecule has 1 aliphatic rings. The maximum Gasteiger partial charge on any atom is 0.410 e. The van der Waals surface area contributed by atoms with Gasteiger partial charge < -0.3 is 15.0 Å². The van der Waals surface area contributed by atoms with Crippen LogP contribution in [0.3, 0.4) is 0 Å². The first-order valence-corrected chi connectivity index (χ1v) is 7.85. The summed E-state index contributed by atoms with van der Waals surface area (Å²) >= 11 is 0. The van der Waals surface area contributed by atoms with Crippen LogP contribution in [0, 0.1) is 0 Å². The summed E-state index contributed by atoms with van der Waals surface area (Å²) < 4.78 is 5.41. The van der Waals surface area contributed by atoms with E-state index in [2.05, 4.69) is 22.2 Å². The molecule has 0 saturated carbocycles. The average Bonchev–Trinajstić information content (AvgIpc) is 2.47. The van der Waals surface area contributed by atoms with E-state index in [-0.39, 0.29) is 12.1 Å². The summed E-state index contributed by atoms with van der Waals surface area (Å²) in [5.41, 5.74) is 0.504. The first-order valence-electron chi connectivity index (χ1n) is 7.85. The quantitative estimate of drug-likeness (QED) is 0.929. The van der Waals surface area contributed by atoms with Gasteiger partial charge in [-0.15, -0.1) is 0 Å². The third kappa shape index (κ3) is 4.94. The van der Waals surface area contributed by atoms with Crippen LogP contribution in [0.4, 0.5) is 4.79 Å². The molecule has 1 aromatic heterocycles. The molecule has 1 saturated heterocycles. The molecule has 22 heavy (non-hydrogen) atoms. The molecule has 0 aliphatic carbocycles. The molecule has 1 aliphatic heterocycles. The van der Waals surface area contributed by atoms with Crippen LogP contribution >= 0.6 is 0 Å². The number of hydrogen-bond donors (Lipinski definition) is 1. The van der Waals surface area contributed by atoms with E-state index >= 15 is 0 Å². The number of rotatable bonds is 3. The topological polar surface area (TPSA) is 67.4 Å². The summed E-state index contributed by atoms with van der Waals surface area (Å²) in [7, 11) is 0. The molecule has 6 heteroatoms. The zero-order valence-electron chi connectivity index (χ0n) is 13.9. The molecule has 1 N–H and O–H groups in total.